The Hall–Kier alpha value is -1.93. The predicted molar refractivity (Wildman–Crippen MR) is 131 cm³/mol. The molecule has 0 radical (unpaired) electrons. The molecule has 152 valence electrons. The topological polar surface area (TPSA) is 4.93 Å². The van der Waals surface area contributed by atoms with Gasteiger partial charge in [-0.1, -0.05) is 124 Å². The van der Waals surface area contributed by atoms with Gasteiger partial charge in [-0.25, -0.2) is 0 Å². The lowest BCUT2D eigenvalue weighted by atomic mass is 10.2. The average Bonchev–Trinajstić information content (AvgIpc) is 2.81. The van der Waals surface area contributed by atoms with Gasteiger partial charge < -0.3 is 4.57 Å². The summed E-state index contributed by atoms with van der Waals surface area (Å²) in [6.07, 6.45) is 2.03. The van der Waals surface area contributed by atoms with Crippen LogP contribution in [0.1, 0.15) is 69.2 Å². The first-order valence-electron chi connectivity index (χ1n) is 10.5. The van der Waals surface area contributed by atoms with Crippen LogP contribution in [0.15, 0.2) is 66.9 Å². The molecule has 0 aliphatic rings. The Kier molecular flexibility index (Phi) is 24.4. The first-order chi connectivity index (χ1) is 13.4. The van der Waals surface area contributed by atoms with Crippen LogP contribution in [0.25, 0.3) is 16.5 Å². The third kappa shape index (κ3) is 10.1. The first-order valence-corrected chi connectivity index (χ1v) is 10.9. The van der Waals surface area contributed by atoms with Crippen molar-refractivity contribution in [2.45, 2.75) is 69.2 Å². The van der Waals surface area contributed by atoms with E-state index in [1.807, 2.05) is 110 Å². The van der Waals surface area contributed by atoms with Crippen molar-refractivity contribution in [2.24, 2.45) is 0 Å². The molecule has 3 rings (SSSR count). The molecule has 27 heavy (non-hydrogen) atoms. The van der Waals surface area contributed by atoms with Gasteiger partial charge in [0.2, 0.25) is 0 Å². The average molecular weight is 388 g/mol. The zero-order chi connectivity index (χ0) is 21.7. The van der Waals surface area contributed by atoms with Crippen LogP contribution in [-0.2, 0) is 0 Å². The molecule has 0 aliphatic carbocycles. The van der Waals surface area contributed by atoms with Crippen LogP contribution >= 0.6 is 12.2 Å². The Morgan fingerprint density at radius 1 is 0.556 bits per heavy atom. The van der Waals surface area contributed by atoms with E-state index in [2.05, 4.69) is 30.3 Å². The molecule has 0 N–H and O–H groups in total. The predicted octanol–water partition coefficient (Wildman–Crippen LogP) is 9.49. The minimum absolute atomic E-state index is 0.856. The summed E-state index contributed by atoms with van der Waals surface area (Å²) in [5, 5.41) is 2.30. The second-order valence-electron chi connectivity index (χ2n) is 3.91. The van der Waals surface area contributed by atoms with Crippen LogP contribution in [0.4, 0.5) is 0 Å². The fourth-order valence-corrected chi connectivity index (χ4v) is 2.33. The highest BCUT2D eigenvalue weighted by Gasteiger charge is 1.99. The summed E-state index contributed by atoms with van der Waals surface area (Å²) in [6.45, 7) is 20.0. The van der Waals surface area contributed by atoms with Gasteiger partial charge in [-0.2, -0.15) is 0 Å². The molecule has 0 saturated carbocycles. The van der Waals surface area contributed by atoms with Gasteiger partial charge in [0.15, 0.2) is 0 Å². The molecule has 0 aliphatic heterocycles. The normalized spacial score (nSPS) is 7.78. The molecule has 1 nitrogen and oxygen atoms in total. The van der Waals surface area contributed by atoms with E-state index in [-0.39, 0.29) is 0 Å². The van der Waals surface area contributed by atoms with Crippen LogP contribution < -0.4 is 0 Å². The number of nitrogens with zero attached hydrogens (tertiary/aromatic N) is 1. The molecule has 3 aromatic rings. The molecule has 0 bridgehead atoms. The van der Waals surface area contributed by atoms with E-state index in [0.717, 1.165) is 15.7 Å². The molecule has 1 aromatic heterocycles. The Morgan fingerprint density at radius 2 is 1.00 bits per heavy atom. The van der Waals surface area contributed by atoms with Crippen LogP contribution in [0.2, 0.25) is 0 Å². The standard InChI is InChI=1S/C15H11NS.5C2H6/c17-15-14-9-5-4-6-12(14)10-11-16(15)13-7-2-1-3-8-13;5*1-2/h1-11H;5*1-2H3. The highest BCUT2D eigenvalue weighted by molar-refractivity contribution is 7.71. The van der Waals surface area contributed by atoms with Crippen molar-refractivity contribution in [3.05, 3.63) is 71.5 Å². The lowest BCUT2D eigenvalue weighted by molar-refractivity contribution is 1.04. The van der Waals surface area contributed by atoms with Crippen LogP contribution in [0.5, 0.6) is 0 Å². The largest absolute Gasteiger partial charge is 0.308 e. The SMILES string of the molecule is CC.CC.CC.CC.CC.S=c1c2ccccc2ccn1-c1ccccc1. The van der Waals surface area contributed by atoms with Crippen molar-refractivity contribution in [1.29, 1.82) is 0 Å². The monoisotopic (exact) mass is 387 g/mol. The minimum atomic E-state index is 0.856. The zero-order valence-electron chi connectivity index (χ0n) is 19.2. The second-order valence-corrected chi connectivity index (χ2v) is 4.30. The van der Waals surface area contributed by atoms with Gasteiger partial charge in [-0.3, -0.25) is 0 Å². The van der Waals surface area contributed by atoms with Crippen LogP contribution in [0, 0.1) is 4.64 Å². The maximum atomic E-state index is 5.54. The summed E-state index contributed by atoms with van der Waals surface area (Å²) in [6, 6.07) is 20.5. The van der Waals surface area contributed by atoms with E-state index < -0.39 is 0 Å². The third-order valence-corrected chi connectivity index (χ3v) is 3.26. The number of fused-ring (bicyclic) bond motifs is 1. The van der Waals surface area contributed by atoms with Crippen molar-refractivity contribution in [3.8, 4) is 5.69 Å². The molecule has 2 aromatic carbocycles. The Bertz CT molecular complexity index is 715. The maximum absolute atomic E-state index is 5.54. The maximum Gasteiger partial charge on any atom is 0.118 e. The van der Waals surface area contributed by atoms with Gasteiger partial charge in [0.25, 0.3) is 0 Å². The van der Waals surface area contributed by atoms with Crippen molar-refractivity contribution < 1.29 is 0 Å². The van der Waals surface area contributed by atoms with E-state index in [4.69, 9.17) is 12.2 Å². The van der Waals surface area contributed by atoms with Crippen molar-refractivity contribution in [1.82, 2.24) is 4.57 Å². The number of benzene rings is 2. The van der Waals surface area contributed by atoms with E-state index in [1.165, 1.54) is 5.39 Å². The lowest BCUT2D eigenvalue weighted by Crippen LogP contribution is -1.96. The highest BCUT2D eigenvalue weighted by atomic mass is 32.1. The Morgan fingerprint density at radius 3 is 1.52 bits per heavy atom. The highest BCUT2D eigenvalue weighted by Crippen LogP contribution is 2.18. The van der Waals surface area contributed by atoms with Crippen LogP contribution in [-0.4, -0.2) is 4.57 Å². The Labute approximate surface area is 174 Å². The molecule has 2 heteroatoms. The molecule has 1 heterocycles. The molecule has 0 spiro atoms. The van der Waals surface area contributed by atoms with Crippen LogP contribution in [0.3, 0.4) is 0 Å². The molecule has 0 fully saturated rings. The molecule has 0 unspecified atom stereocenters. The summed E-state index contributed by atoms with van der Waals surface area (Å²) < 4.78 is 2.90. The van der Waals surface area contributed by atoms with Crippen molar-refractivity contribution in [2.75, 3.05) is 0 Å². The van der Waals surface area contributed by atoms with Crippen molar-refractivity contribution in [3.63, 3.8) is 0 Å². The smallest absolute Gasteiger partial charge is 0.118 e. The number of hydrogen-bond acceptors (Lipinski definition) is 1. The number of para-hydroxylation sites is 1. The quantitative estimate of drug-likeness (QED) is 0.376. The summed E-state index contributed by atoms with van der Waals surface area (Å²) in [7, 11) is 0. The summed E-state index contributed by atoms with van der Waals surface area (Å²) in [4.78, 5) is 0. The number of rotatable bonds is 1. The Balaban J connectivity index is -0.000000504. The van der Waals surface area contributed by atoms with Gasteiger partial charge in [-0.05, 0) is 23.6 Å². The molecule has 0 saturated heterocycles. The zero-order valence-corrected chi connectivity index (χ0v) is 20.0. The van der Waals surface area contributed by atoms with E-state index in [9.17, 15) is 0 Å². The van der Waals surface area contributed by atoms with E-state index in [1.54, 1.807) is 0 Å². The summed E-state index contributed by atoms with van der Waals surface area (Å²) >= 11 is 5.54. The lowest BCUT2D eigenvalue weighted by Gasteiger charge is -2.08. The third-order valence-electron chi connectivity index (χ3n) is 2.85. The van der Waals surface area contributed by atoms with E-state index in [0.29, 0.717) is 0 Å². The van der Waals surface area contributed by atoms with Gasteiger partial charge in [0.05, 0.1) is 0 Å². The van der Waals surface area contributed by atoms with Gasteiger partial charge in [0, 0.05) is 17.3 Å². The van der Waals surface area contributed by atoms with Gasteiger partial charge >= 0.3 is 0 Å². The minimum Gasteiger partial charge on any atom is -0.308 e. The summed E-state index contributed by atoms with van der Waals surface area (Å²) in [5.41, 5.74) is 1.10. The molecular formula is C25H41NS. The van der Waals surface area contributed by atoms with Gasteiger partial charge in [0.1, 0.15) is 4.64 Å². The molecular weight excluding hydrogens is 346 g/mol. The number of aromatic nitrogens is 1. The first kappa shape index (κ1) is 29.8. The van der Waals surface area contributed by atoms with E-state index >= 15 is 0 Å². The second kappa shape index (κ2) is 22.1. The molecule has 0 amide bonds. The van der Waals surface area contributed by atoms with Gasteiger partial charge in [-0.15, -0.1) is 0 Å². The fourth-order valence-electron chi connectivity index (χ4n) is 1.98. The van der Waals surface area contributed by atoms with Crippen molar-refractivity contribution >= 4 is 23.0 Å². The summed E-state index contributed by atoms with van der Waals surface area (Å²) in [5.74, 6) is 0. The fraction of sp³-hybridized carbons (Fsp3) is 0.400. The number of pyridine rings is 1. The number of hydrogen-bond donors (Lipinski definition) is 0. The molecule has 0 atom stereocenters.